The molecular weight excluding hydrogens is 438 g/mol. The average Bonchev–Trinajstić information content (AvgIpc) is 3.39. The van der Waals surface area contributed by atoms with Crippen molar-refractivity contribution in [3.63, 3.8) is 0 Å². The molecule has 3 heterocycles. The monoisotopic (exact) mass is 467 g/mol. The van der Waals surface area contributed by atoms with Crippen LogP contribution in [0.3, 0.4) is 0 Å². The van der Waals surface area contributed by atoms with Gasteiger partial charge in [0.1, 0.15) is 10.7 Å². The number of amides is 1. The summed E-state index contributed by atoms with van der Waals surface area (Å²) in [5.74, 6) is 3.04. The number of aryl methyl sites for hydroxylation is 2. The van der Waals surface area contributed by atoms with Crippen molar-refractivity contribution in [2.75, 3.05) is 18.8 Å². The number of benzene rings is 1. The molecule has 0 spiro atoms. The first-order valence-corrected chi connectivity index (χ1v) is 13.6. The van der Waals surface area contributed by atoms with Gasteiger partial charge in [-0.1, -0.05) is 30.3 Å². The van der Waals surface area contributed by atoms with E-state index in [1.165, 1.54) is 16.0 Å². The van der Waals surface area contributed by atoms with E-state index in [2.05, 4.69) is 35.3 Å². The number of thioether (sulfide) groups is 1. The van der Waals surface area contributed by atoms with Crippen LogP contribution in [0.2, 0.25) is 0 Å². The topological polar surface area (TPSA) is 66.1 Å². The summed E-state index contributed by atoms with van der Waals surface area (Å²) >= 11 is 3.35. The Labute approximate surface area is 196 Å². The van der Waals surface area contributed by atoms with Crippen LogP contribution in [0.15, 0.2) is 35.1 Å². The third-order valence-corrected chi connectivity index (χ3v) is 8.81. The molecule has 0 bridgehead atoms. The van der Waals surface area contributed by atoms with Crippen LogP contribution in [0, 0.1) is 5.92 Å². The molecule has 0 radical (unpaired) electrons. The Kier molecular flexibility index (Phi) is 6.64. The Morgan fingerprint density at radius 2 is 2.00 bits per heavy atom. The zero-order chi connectivity index (χ0) is 21.9. The lowest BCUT2D eigenvalue weighted by Gasteiger charge is -2.32. The Bertz CT molecular complexity index is 1150. The number of aromatic nitrogens is 2. The first kappa shape index (κ1) is 21.7. The third kappa shape index (κ3) is 4.79. The molecule has 5 rings (SSSR count). The molecule has 2 aliphatic rings. The van der Waals surface area contributed by atoms with Crippen LogP contribution in [0.4, 0.5) is 0 Å². The second kappa shape index (κ2) is 9.79. The third-order valence-electron chi connectivity index (χ3n) is 6.66. The van der Waals surface area contributed by atoms with Gasteiger partial charge in [-0.05, 0) is 55.6 Å². The Balaban J connectivity index is 1.06. The van der Waals surface area contributed by atoms with Crippen molar-refractivity contribution in [2.45, 2.75) is 50.7 Å². The minimum atomic E-state index is -0.000509. The Morgan fingerprint density at radius 1 is 1.19 bits per heavy atom. The smallest absolute Gasteiger partial charge is 0.259 e. The van der Waals surface area contributed by atoms with Crippen molar-refractivity contribution in [3.05, 3.63) is 62.5 Å². The Morgan fingerprint density at radius 3 is 2.81 bits per heavy atom. The number of carbonyl (C=O) groups excluding carboxylic acids is 1. The summed E-state index contributed by atoms with van der Waals surface area (Å²) in [5.41, 5.74) is 2.61. The van der Waals surface area contributed by atoms with E-state index in [0.717, 1.165) is 73.4 Å². The standard InChI is InChI=1S/C25H29N3O2S2/c29-22(28-12-9-18(10-13-28)15-17-5-2-1-3-6-17)11-14-31-16-21-26-24(30)23-19-7-4-8-20(19)32-25(23)27-21/h1-3,5-6,18H,4,7-16H2,(H,26,27,30). The fourth-order valence-electron chi connectivity index (χ4n) is 4.94. The number of H-pyrrole nitrogens is 1. The van der Waals surface area contributed by atoms with Gasteiger partial charge in [0.05, 0.1) is 11.1 Å². The van der Waals surface area contributed by atoms with E-state index in [0.29, 0.717) is 18.1 Å². The molecule has 1 N–H and O–H groups in total. The average molecular weight is 468 g/mol. The van der Waals surface area contributed by atoms with E-state index in [4.69, 9.17) is 4.98 Å². The van der Waals surface area contributed by atoms with E-state index < -0.39 is 0 Å². The summed E-state index contributed by atoms with van der Waals surface area (Å²) < 4.78 is 0. The molecule has 0 unspecified atom stereocenters. The number of nitrogens with zero attached hydrogens (tertiary/aromatic N) is 2. The van der Waals surface area contributed by atoms with Crippen molar-refractivity contribution in [2.24, 2.45) is 5.92 Å². The molecule has 1 aliphatic heterocycles. The van der Waals surface area contributed by atoms with E-state index in [1.54, 1.807) is 23.1 Å². The summed E-state index contributed by atoms with van der Waals surface area (Å²) in [5, 5.41) is 0.807. The van der Waals surface area contributed by atoms with Crippen molar-refractivity contribution < 1.29 is 4.79 Å². The van der Waals surface area contributed by atoms with Gasteiger partial charge in [0.2, 0.25) is 5.91 Å². The van der Waals surface area contributed by atoms with E-state index in [-0.39, 0.29) is 11.5 Å². The van der Waals surface area contributed by atoms with E-state index in [1.807, 2.05) is 4.90 Å². The quantitative estimate of drug-likeness (QED) is 0.517. The Hall–Kier alpha value is -2.12. The predicted molar refractivity (Wildman–Crippen MR) is 132 cm³/mol. The molecule has 0 saturated carbocycles. The summed E-state index contributed by atoms with van der Waals surface area (Å²) in [7, 11) is 0. The molecule has 32 heavy (non-hydrogen) atoms. The minimum Gasteiger partial charge on any atom is -0.343 e. The zero-order valence-corrected chi connectivity index (χ0v) is 19.9. The number of thiophene rings is 1. The second-order valence-electron chi connectivity index (χ2n) is 8.87. The number of likely N-dealkylation sites (tertiary alicyclic amines) is 1. The fourth-order valence-corrected chi connectivity index (χ4v) is 7.01. The van der Waals surface area contributed by atoms with Gasteiger partial charge in [-0.2, -0.15) is 11.8 Å². The van der Waals surface area contributed by atoms with Crippen LogP contribution >= 0.6 is 23.1 Å². The summed E-state index contributed by atoms with van der Waals surface area (Å²) in [4.78, 5) is 37.1. The van der Waals surface area contributed by atoms with Gasteiger partial charge in [-0.25, -0.2) is 4.98 Å². The van der Waals surface area contributed by atoms with Gasteiger partial charge < -0.3 is 9.88 Å². The van der Waals surface area contributed by atoms with Crippen LogP contribution in [-0.2, 0) is 29.8 Å². The SMILES string of the molecule is O=C(CCSCc1nc2sc3c(c2c(=O)[nH]1)CCC3)N1CCC(Cc2ccccc2)CC1. The fraction of sp³-hybridized carbons (Fsp3) is 0.480. The number of piperidine rings is 1. The molecule has 3 aromatic rings. The summed E-state index contributed by atoms with van der Waals surface area (Å²) in [6.07, 6.45) is 7.06. The zero-order valence-electron chi connectivity index (χ0n) is 18.3. The lowest BCUT2D eigenvalue weighted by molar-refractivity contribution is -0.132. The molecule has 5 nitrogen and oxygen atoms in total. The number of aromatic amines is 1. The number of fused-ring (bicyclic) bond motifs is 3. The minimum absolute atomic E-state index is 0.000509. The van der Waals surface area contributed by atoms with E-state index in [9.17, 15) is 9.59 Å². The summed E-state index contributed by atoms with van der Waals surface area (Å²) in [6, 6.07) is 10.6. The molecule has 168 valence electrons. The lowest BCUT2D eigenvalue weighted by atomic mass is 9.90. The molecule has 2 aromatic heterocycles. The van der Waals surface area contributed by atoms with Crippen molar-refractivity contribution >= 4 is 39.2 Å². The highest BCUT2D eigenvalue weighted by molar-refractivity contribution is 7.98. The first-order chi connectivity index (χ1) is 15.7. The summed E-state index contributed by atoms with van der Waals surface area (Å²) in [6.45, 7) is 1.74. The molecule has 1 aromatic carbocycles. The maximum absolute atomic E-state index is 12.6. The maximum atomic E-state index is 12.6. The predicted octanol–water partition coefficient (Wildman–Crippen LogP) is 4.58. The van der Waals surface area contributed by atoms with Crippen LogP contribution in [0.5, 0.6) is 0 Å². The second-order valence-corrected chi connectivity index (χ2v) is 11.1. The van der Waals surface area contributed by atoms with Crippen molar-refractivity contribution in [1.82, 2.24) is 14.9 Å². The number of hydrogen-bond donors (Lipinski definition) is 1. The molecule has 1 aliphatic carbocycles. The number of hydrogen-bond acceptors (Lipinski definition) is 5. The van der Waals surface area contributed by atoms with Gasteiger partial charge in [-0.3, -0.25) is 9.59 Å². The molecule has 1 amide bonds. The van der Waals surface area contributed by atoms with Crippen LogP contribution in [-0.4, -0.2) is 39.6 Å². The van der Waals surface area contributed by atoms with Gasteiger partial charge in [0.25, 0.3) is 5.56 Å². The van der Waals surface area contributed by atoms with Crippen molar-refractivity contribution in [3.8, 4) is 0 Å². The van der Waals surface area contributed by atoms with E-state index >= 15 is 0 Å². The molecule has 1 saturated heterocycles. The van der Waals surface area contributed by atoms with Crippen LogP contribution in [0.25, 0.3) is 10.2 Å². The lowest BCUT2D eigenvalue weighted by Crippen LogP contribution is -2.39. The normalized spacial score (nSPS) is 16.6. The van der Waals surface area contributed by atoms with Gasteiger partial charge in [0.15, 0.2) is 0 Å². The highest BCUT2D eigenvalue weighted by Crippen LogP contribution is 2.34. The van der Waals surface area contributed by atoms with Gasteiger partial charge in [-0.15, -0.1) is 11.3 Å². The number of rotatable bonds is 7. The molecule has 1 fully saturated rings. The first-order valence-electron chi connectivity index (χ1n) is 11.6. The number of carbonyl (C=O) groups is 1. The van der Waals surface area contributed by atoms with Gasteiger partial charge >= 0.3 is 0 Å². The van der Waals surface area contributed by atoms with Crippen LogP contribution in [0.1, 0.15) is 47.5 Å². The van der Waals surface area contributed by atoms with Crippen LogP contribution < -0.4 is 5.56 Å². The molecule has 0 atom stereocenters. The highest BCUT2D eigenvalue weighted by Gasteiger charge is 2.23. The van der Waals surface area contributed by atoms with Crippen molar-refractivity contribution in [1.29, 1.82) is 0 Å². The highest BCUT2D eigenvalue weighted by atomic mass is 32.2. The maximum Gasteiger partial charge on any atom is 0.259 e. The molecular formula is C25H29N3O2S2. The largest absolute Gasteiger partial charge is 0.343 e. The number of nitrogens with one attached hydrogen (secondary N) is 1. The van der Waals surface area contributed by atoms with Gasteiger partial charge in [0, 0.05) is 30.1 Å². The molecule has 7 heteroatoms.